The molecule has 0 bridgehead atoms. The number of rotatable bonds is 2. The van der Waals surface area contributed by atoms with E-state index >= 15 is 0 Å². The van der Waals surface area contributed by atoms with Crippen molar-refractivity contribution in [3.63, 3.8) is 0 Å². The second-order valence-corrected chi connectivity index (χ2v) is 5.67. The molecule has 1 aliphatic rings. The molecule has 108 valence electrons. The Morgan fingerprint density at radius 1 is 1.14 bits per heavy atom. The van der Waals surface area contributed by atoms with Crippen LogP contribution in [0.15, 0.2) is 36.4 Å². The molecule has 3 heteroatoms. The standard InChI is InChI=1S/C18H20N2O/c1-12-5-7-16(13(2)10-12)20-18(21)15-6-8-17-14(11-15)4-3-9-19-17/h5-8,10-11,19H,3-4,9H2,1-2H3,(H,20,21). The smallest absolute Gasteiger partial charge is 0.255 e. The molecular weight excluding hydrogens is 260 g/mol. The van der Waals surface area contributed by atoms with E-state index in [0.717, 1.165) is 41.9 Å². The van der Waals surface area contributed by atoms with E-state index in [-0.39, 0.29) is 5.91 Å². The largest absolute Gasteiger partial charge is 0.385 e. The summed E-state index contributed by atoms with van der Waals surface area (Å²) in [5, 5.41) is 6.36. The van der Waals surface area contributed by atoms with Crippen molar-refractivity contribution in [2.24, 2.45) is 0 Å². The molecule has 0 unspecified atom stereocenters. The van der Waals surface area contributed by atoms with Gasteiger partial charge in [0.1, 0.15) is 0 Å². The lowest BCUT2D eigenvalue weighted by molar-refractivity contribution is 0.102. The monoisotopic (exact) mass is 280 g/mol. The molecule has 3 nitrogen and oxygen atoms in total. The maximum absolute atomic E-state index is 12.4. The van der Waals surface area contributed by atoms with Crippen LogP contribution in [0.1, 0.15) is 33.5 Å². The van der Waals surface area contributed by atoms with Crippen molar-refractivity contribution in [3.05, 3.63) is 58.7 Å². The van der Waals surface area contributed by atoms with Crippen LogP contribution in [-0.4, -0.2) is 12.5 Å². The van der Waals surface area contributed by atoms with Gasteiger partial charge in [-0.05, 0) is 62.1 Å². The van der Waals surface area contributed by atoms with Crippen LogP contribution >= 0.6 is 0 Å². The Balaban J connectivity index is 1.82. The first-order valence-electron chi connectivity index (χ1n) is 7.39. The molecule has 2 aromatic rings. The molecule has 2 N–H and O–H groups in total. The van der Waals surface area contributed by atoms with Gasteiger partial charge in [0, 0.05) is 23.5 Å². The average Bonchev–Trinajstić information content (AvgIpc) is 2.49. The fourth-order valence-electron chi connectivity index (χ4n) is 2.76. The Morgan fingerprint density at radius 3 is 2.81 bits per heavy atom. The van der Waals surface area contributed by atoms with Gasteiger partial charge in [-0.2, -0.15) is 0 Å². The van der Waals surface area contributed by atoms with Gasteiger partial charge in [0.15, 0.2) is 0 Å². The van der Waals surface area contributed by atoms with Crippen molar-refractivity contribution in [2.75, 3.05) is 17.2 Å². The molecule has 0 aliphatic carbocycles. The molecular formula is C18H20N2O. The molecule has 0 fully saturated rings. The van der Waals surface area contributed by atoms with Crippen molar-refractivity contribution in [1.29, 1.82) is 0 Å². The van der Waals surface area contributed by atoms with E-state index in [1.165, 1.54) is 11.1 Å². The lowest BCUT2D eigenvalue weighted by Crippen LogP contribution is -2.16. The molecule has 0 atom stereocenters. The zero-order chi connectivity index (χ0) is 14.8. The van der Waals surface area contributed by atoms with Gasteiger partial charge in [-0.15, -0.1) is 0 Å². The minimum absolute atomic E-state index is 0.0460. The quantitative estimate of drug-likeness (QED) is 0.875. The predicted octanol–water partition coefficient (Wildman–Crippen LogP) is 3.91. The van der Waals surface area contributed by atoms with Crippen LogP contribution in [0.5, 0.6) is 0 Å². The Kier molecular flexibility index (Phi) is 3.65. The number of hydrogen-bond donors (Lipinski definition) is 2. The van der Waals surface area contributed by atoms with E-state index in [0.29, 0.717) is 0 Å². The van der Waals surface area contributed by atoms with Crippen molar-refractivity contribution in [2.45, 2.75) is 26.7 Å². The first kappa shape index (κ1) is 13.7. The van der Waals surface area contributed by atoms with Crippen LogP contribution < -0.4 is 10.6 Å². The molecule has 0 saturated carbocycles. The lowest BCUT2D eigenvalue weighted by Gasteiger charge is -2.18. The van der Waals surface area contributed by atoms with Gasteiger partial charge in [0.2, 0.25) is 0 Å². The number of amides is 1. The third kappa shape index (κ3) is 2.92. The topological polar surface area (TPSA) is 41.1 Å². The summed E-state index contributed by atoms with van der Waals surface area (Å²) in [6.45, 7) is 5.08. The molecule has 3 rings (SSSR count). The highest BCUT2D eigenvalue weighted by Crippen LogP contribution is 2.24. The lowest BCUT2D eigenvalue weighted by atomic mass is 10.0. The highest BCUT2D eigenvalue weighted by Gasteiger charge is 2.13. The summed E-state index contributed by atoms with van der Waals surface area (Å²) in [5.74, 6) is -0.0460. The van der Waals surface area contributed by atoms with Crippen molar-refractivity contribution >= 4 is 17.3 Å². The van der Waals surface area contributed by atoms with Gasteiger partial charge in [-0.25, -0.2) is 0 Å². The van der Waals surface area contributed by atoms with Crippen molar-refractivity contribution < 1.29 is 4.79 Å². The van der Waals surface area contributed by atoms with E-state index < -0.39 is 0 Å². The van der Waals surface area contributed by atoms with Crippen LogP contribution in [0, 0.1) is 13.8 Å². The molecule has 1 aliphatic heterocycles. The summed E-state index contributed by atoms with van der Waals surface area (Å²) in [4.78, 5) is 12.4. The van der Waals surface area contributed by atoms with Crippen LogP contribution in [-0.2, 0) is 6.42 Å². The number of aryl methyl sites for hydroxylation is 3. The SMILES string of the molecule is Cc1ccc(NC(=O)c2ccc3c(c2)CCCN3)c(C)c1. The van der Waals surface area contributed by atoms with Gasteiger partial charge in [-0.1, -0.05) is 17.7 Å². The van der Waals surface area contributed by atoms with E-state index in [4.69, 9.17) is 0 Å². The Bertz CT molecular complexity index is 692. The second-order valence-electron chi connectivity index (χ2n) is 5.67. The van der Waals surface area contributed by atoms with Gasteiger partial charge in [0.25, 0.3) is 5.91 Å². The van der Waals surface area contributed by atoms with Crippen molar-refractivity contribution in [3.8, 4) is 0 Å². The Labute approximate surface area is 125 Å². The van der Waals surface area contributed by atoms with Crippen LogP contribution in [0.25, 0.3) is 0 Å². The summed E-state index contributed by atoms with van der Waals surface area (Å²) < 4.78 is 0. The Morgan fingerprint density at radius 2 is 2.00 bits per heavy atom. The highest BCUT2D eigenvalue weighted by molar-refractivity contribution is 6.05. The number of nitrogens with one attached hydrogen (secondary N) is 2. The summed E-state index contributed by atoms with van der Waals surface area (Å²) in [6.07, 6.45) is 2.15. The van der Waals surface area contributed by atoms with Gasteiger partial charge in [0.05, 0.1) is 0 Å². The molecule has 0 radical (unpaired) electrons. The highest BCUT2D eigenvalue weighted by atomic mass is 16.1. The summed E-state index contributed by atoms with van der Waals surface area (Å²) in [5.41, 5.74) is 6.27. The summed E-state index contributed by atoms with van der Waals surface area (Å²) >= 11 is 0. The maximum atomic E-state index is 12.4. The minimum atomic E-state index is -0.0460. The zero-order valence-corrected chi connectivity index (χ0v) is 12.5. The van der Waals surface area contributed by atoms with E-state index in [1.807, 2.05) is 37.3 Å². The number of benzene rings is 2. The minimum Gasteiger partial charge on any atom is -0.385 e. The van der Waals surface area contributed by atoms with Gasteiger partial charge < -0.3 is 10.6 Å². The van der Waals surface area contributed by atoms with Crippen LogP contribution in [0.2, 0.25) is 0 Å². The normalized spacial score (nSPS) is 13.2. The number of anilines is 2. The first-order valence-corrected chi connectivity index (χ1v) is 7.39. The van der Waals surface area contributed by atoms with Crippen molar-refractivity contribution in [1.82, 2.24) is 0 Å². The summed E-state index contributed by atoms with van der Waals surface area (Å²) in [7, 11) is 0. The molecule has 1 heterocycles. The number of carbonyl (C=O) groups is 1. The molecule has 21 heavy (non-hydrogen) atoms. The predicted molar refractivity (Wildman–Crippen MR) is 87.1 cm³/mol. The first-order chi connectivity index (χ1) is 10.1. The maximum Gasteiger partial charge on any atom is 0.255 e. The third-order valence-corrected chi connectivity index (χ3v) is 3.94. The molecule has 0 saturated heterocycles. The molecule has 1 amide bonds. The molecule has 0 aromatic heterocycles. The summed E-state index contributed by atoms with van der Waals surface area (Å²) in [6, 6.07) is 11.9. The van der Waals surface area contributed by atoms with E-state index in [2.05, 4.69) is 23.6 Å². The third-order valence-electron chi connectivity index (χ3n) is 3.94. The van der Waals surface area contributed by atoms with E-state index in [1.54, 1.807) is 0 Å². The van der Waals surface area contributed by atoms with Crippen LogP contribution in [0.4, 0.5) is 11.4 Å². The van der Waals surface area contributed by atoms with E-state index in [9.17, 15) is 4.79 Å². The fraction of sp³-hybridized carbons (Fsp3) is 0.278. The zero-order valence-electron chi connectivity index (χ0n) is 12.5. The Hall–Kier alpha value is -2.29. The second kappa shape index (κ2) is 5.60. The number of hydrogen-bond acceptors (Lipinski definition) is 2. The fourth-order valence-corrected chi connectivity index (χ4v) is 2.76. The number of carbonyl (C=O) groups excluding carboxylic acids is 1. The average molecular weight is 280 g/mol. The van der Waals surface area contributed by atoms with Crippen LogP contribution in [0.3, 0.4) is 0 Å². The molecule has 0 spiro atoms. The molecule has 2 aromatic carbocycles. The number of fused-ring (bicyclic) bond motifs is 1. The van der Waals surface area contributed by atoms with Gasteiger partial charge in [-0.3, -0.25) is 4.79 Å². The van der Waals surface area contributed by atoms with Gasteiger partial charge >= 0.3 is 0 Å².